The number of hydrogen-bond acceptors (Lipinski definition) is 5. The predicted molar refractivity (Wildman–Crippen MR) is 111 cm³/mol. The van der Waals surface area contributed by atoms with E-state index >= 15 is 0 Å². The lowest BCUT2D eigenvalue weighted by Crippen LogP contribution is -3.20. The molecule has 0 bridgehead atoms. The summed E-state index contributed by atoms with van der Waals surface area (Å²) in [7, 11) is 1.38. The maximum atomic E-state index is 12.3. The molecular weight excluding hydrogens is 374 g/mol. The Morgan fingerprint density at radius 2 is 1.75 bits per heavy atom. The lowest BCUT2D eigenvalue weighted by Gasteiger charge is -2.38. The average Bonchev–Trinajstić information content (AvgIpc) is 2.77. The Bertz CT molecular complexity index is 791. The molecule has 0 saturated carbocycles. The molecule has 1 heterocycles. The molecular formula is C22H26NO4S+. The first-order chi connectivity index (χ1) is 13.6. The summed E-state index contributed by atoms with van der Waals surface area (Å²) >= 11 is 1.35. The van der Waals surface area contributed by atoms with Gasteiger partial charge in [0, 0.05) is 11.3 Å². The first-order valence-corrected chi connectivity index (χ1v) is 10.3. The number of benzene rings is 2. The third-order valence-electron chi connectivity index (χ3n) is 4.77. The Labute approximate surface area is 170 Å². The second kappa shape index (κ2) is 9.89. The number of hydrogen-bond donors (Lipinski definition) is 2. The van der Waals surface area contributed by atoms with Crippen LogP contribution < -0.4 is 4.90 Å². The van der Waals surface area contributed by atoms with E-state index in [9.17, 15) is 9.90 Å². The zero-order chi connectivity index (χ0) is 19.8. The van der Waals surface area contributed by atoms with E-state index in [2.05, 4.69) is 0 Å². The van der Waals surface area contributed by atoms with Gasteiger partial charge in [0.1, 0.15) is 13.1 Å². The van der Waals surface area contributed by atoms with Gasteiger partial charge in [0.15, 0.2) is 0 Å². The lowest BCUT2D eigenvalue weighted by atomic mass is 10.1. The summed E-state index contributed by atoms with van der Waals surface area (Å²) in [5, 5.41) is 10.5. The molecule has 148 valence electrons. The summed E-state index contributed by atoms with van der Waals surface area (Å²) in [6.07, 6.45) is 1.82. The van der Waals surface area contributed by atoms with Crippen LogP contribution in [0.3, 0.4) is 0 Å². The number of carbonyl (C=O) groups is 1. The molecule has 0 radical (unpaired) electrons. The van der Waals surface area contributed by atoms with Crippen molar-refractivity contribution in [3.63, 3.8) is 0 Å². The highest BCUT2D eigenvalue weighted by atomic mass is 32.2. The van der Waals surface area contributed by atoms with E-state index in [0.717, 1.165) is 16.0 Å². The third kappa shape index (κ3) is 5.02. The molecule has 1 unspecified atom stereocenters. The maximum Gasteiger partial charge on any atom is 0.334 e. The minimum absolute atomic E-state index is 0.331. The molecule has 5 nitrogen and oxygen atoms in total. The molecule has 6 heteroatoms. The number of esters is 1. The van der Waals surface area contributed by atoms with Crippen molar-refractivity contribution < 1.29 is 24.3 Å². The Morgan fingerprint density at radius 3 is 2.36 bits per heavy atom. The van der Waals surface area contributed by atoms with Crippen LogP contribution in [-0.2, 0) is 19.3 Å². The third-order valence-corrected chi connectivity index (χ3v) is 6.16. The fraction of sp³-hybridized carbons (Fsp3) is 0.318. The summed E-state index contributed by atoms with van der Waals surface area (Å²) in [5.41, 5.74) is 2.26. The van der Waals surface area contributed by atoms with Crippen molar-refractivity contribution in [2.75, 3.05) is 39.2 Å². The minimum Gasteiger partial charge on any atom is -0.466 e. The van der Waals surface area contributed by atoms with Crippen LogP contribution in [0.1, 0.15) is 11.1 Å². The molecule has 1 aliphatic rings. The number of quaternary nitrogens is 1. The molecule has 1 fully saturated rings. The van der Waals surface area contributed by atoms with Crippen molar-refractivity contribution in [3.8, 4) is 0 Å². The molecule has 3 rings (SSSR count). The monoisotopic (exact) mass is 400 g/mol. The molecule has 1 aliphatic heterocycles. The second-order valence-electron chi connectivity index (χ2n) is 6.59. The minimum atomic E-state index is -1.17. The zero-order valence-electron chi connectivity index (χ0n) is 16.0. The van der Waals surface area contributed by atoms with Gasteiger partial charge < -0.3 is 14.6 Å². The average molecular weight is 401 g/mol. The van der Waals surface area contributed by atoms with E-state index < -0.39 is 5.06 Å². The summed E-state index contributed by atoms with van der Waals surface area (Å²) in [6, 6.07) is 19.3. The number of nitrogens with one attached hydrogen (secondary N) is 1. The smallest absolute Gasteiger partial charge is 0.334 e. The van der Waals surface area contributed by atoms with Crippen LogP contribution in [0.2, 0.25) is 0 Å². The van der Waals surface area contributed by atoms with Crippen LogP contribution in [0.25, 0.3) is 6.08 Å². The zero-order valence-corrected chi connectivity index (χ0v) is 16.8. The maximum absolute atomic E-state index is 12.3. The Morgan fingerprint density at radius 1 is 1.14 bits per heavy atom. The van der Waals surface area contributed by atoms with Gasteiger partial charge in [-0.3, -0.25) is 4.90 Å². The van der Waals surface area contributed by atoms with E-state index in [-0.39, 0.29) is 5.97 Å². The van der Waals surface area contributed by atoms with Crippen molar-refractivity contribution in [1.29, 1.82) is 0 Å². The Hall–Kier alpha value is -2.12. The van der Waals surface area contributed by atoms with Crippen molar-refractivity contribution in [2.24, 2.45) is 0 Å². The van der Waals surface area contributed by atoms with E-state index in [0.29, 0.717) is 37.6 Å². The topological polar surface area (TPSA) is 60.2 Å². The largest absolute Gasteiger partial charge is 0.466 e. The Balaban J connectivity index is 1.86. The standard InChI is InChI=1S/C22H25NO4S/c1-26-21(24)19(16-18-8-4-2-5-9-18)17-28-22(25,20-10-6-3-7-11-20)23-12-14-27-15-13-23/h2-11,16,25H,12-15,17H2,1H3/p+1/b19-16+. The molecule has 28 heavy (non-hydrogen) atoms. The fourth-order valence-electron chi connectivity index (χ4n) is 3.23. The number of ether oxygens (including phenoxy) is 2. The number of aliphatic hydroxyl groups is 1. The van der Waals surface area contributed by atoms with Crippen molar-refractivity contribution in [1.82, 2.24) is 0 Å². The van der Waals surface area contributed by atoms with Crippen LogP contribution in [0.4, 0.5) is 0 Å². The van der Waals surface area contributed by atoms with Gasteiger partial charge in [0.2, 0.25) is 0 Å². The molecule has 2 aromatic rings. The number of carbonyl (C=O) groups excluding carboxylic acids is 1. The number of thioether (sulfide) groups is 1. The Kier molecular flexibility index (Phi) is 7.28. The lowest BCUT2D eigenvalue weighted by molar-refractivity contribution is -0.973. The normalized spacial score (nSPS) is 17.7. The number of rotatable bonds is 7. The molecule has 2 aromatic carbocycles. The SMILES string of the molecule is COC(=O)/C(=C/c1ccccc1)CSC(O)(c1ccccc1)[NH+]1CCOCC1. The van der Waals surface area contributed by atoms with Crippen LogP contribution in [0.5, 0.6) is 0 Å². The van der Waals surface area contributed by atoms with Gasteiger partial charge in [-0.1, -0.05) is 60.3 Å². The number of morpholine rings is 1. The highest BCUT2D eigenvalue weighted by molar-refractivity contribution is 8.00. The first-order valence-electron chi connectivity index (χ1n) is 9.32. The van der Waals surface area contributed by atoms with Gasteiger partial charge in [-0.2, -0.15) is 0 Å². The summed E-state index contributed by atoms with van der Waals surface area (Å²) in [6.45, 7) is 2.62. The molecule has 0 spiro atoms. The second-order valence-corrected chi connectivity index (χ2v) is 7.75. The van der Waals surface area contributed by atoms with Gasteiger partial charge in [0.25, 0.3) is 5.06 Å². The van der Waals surface area contributed by atoms with E-state index in [1.165, 1.54) is 18.9 Å². The molecule has 1 atom stereocenters. The van der Waals surface area contributed by atoms with Gasteiger partial charge in [0.05, 0.1) is 25.9 Å². The van der Waals surface area contributed by atoms with E-state index in [4.69, 9.17) is 9.47 Å². The molecule has 2 N–H and O–H groups in total. The van der Waals surface area contributed by atoms with Crippen LogP contribution >= 0.6 is 11.8 Å². The molecule has 0 aliphatic carbocycles. The molecule has 0 aromatic heterocycles. The van der Waals surface area contributed by atoms with Gasteiger partial charge in [-0.05, 0) is 23.8 Å². The summed E-state index contributed by atoms with van der Waals surface area (Å²) in [4.78, 5) is 13.4. The van der Waals surface area contributed by atoms with Crippen LogP contribution in [-0.4, -0.2) is 50.2 Å². The van der Waals surface area contributed by atoms with Crippen LogP contribution in [0, 0.1) is 0 Å². The summed E-state index contributed by atoms with van der Waals surface area (Å²) < 4.78 is 10.4. The van der Waals surface area contributed by atoms with Crippen molar-refractivity contribution >= 4 is 23.8 Å². The quantitative estimate of drug-likeness (QED) is 0.421. The molecule has 1 saturated heterocycles. The summed E-state index contributed by atoms with van der Waals surface area (Å²) in [5.74, 6) is -0.0548. The van der Waals surface area contributed by atoms with Gasteiger partial charge >= 0.3 is 5.97 Å². The fourth-order valence-corrected chi connectivity index (χ4v) is 4.51. The first kappa shape index (κ1) is 20.6. The van der Waals surface area contributed by atoms with Crippen molar-refractivity contribution in [2.45, 2.75) is 5.06 Å². The van der Waals surface area contributed by atoms with E-state index in [1.54, 1.807) is 0 Å². The van der Waals surface area contributed by atoms with Crippen LogP contribution in [0.15, 0.2) is 66.2 Å². The van der Waals surface area contributed by atoms with Gasteiger partial charge in [-0.15, -0.1) is 0 Å². The van der Waals surface area contributed by atoms with Gasteiger partial charge in [-0.25, -0.2) is 4.79 Å². The highest BCUT2D eigenvalue weighted by Crippen LogP contribution is 2.30. The number of methoxy groups -OCH3 is 1. The highest BCUT2D eigenvalue weighted by Gasteiger charge is 2.42. The van der Waals surface area contributed by atoms with E-state index in [1.807, 2.05) is 66.7 Å². The molecule has 0 amide bonds. The predicted octanol–water partition coefficient (Wildman–Crippen LogP) is 1.69. The van der Waals surface area contributed by atoms with Crippen molar-refractivity contribution in [3.05, 3.63) is 77.4 Å².